The Hall–Kier alpha value is -13.8. The number of aryl methyl sites for hydroxylation is 3. The monoisotopic (exact) mass is 2040 g/mol. The van der Waals surface area contributed by atoms with E-state index in [9.17, 15) is 60.5 Å². The molecule has 7 aromatic heterocycles. The molecule has 0 aliphatic carbocycles. The molecule has 0 atom stereocenters. The van der Waals surface area contributed by atoms with Gasteiger partial charge in [0.25, 0.3) is 35.4 Å². The number of rotatable bonds is 15. The van der Waals surface area contributed by atoms with E-state index < -0.39 is 48.7 Å². The van der Waals surface area contributed by atoms with Gasteiger partial charge in [-0.05, 0) is 284 Å². The third kappa shape index (κ3) is 23.0. The largest absolute Gasteiger partial charge is 0.497 e. The Morgan fingerprint density at radius 3 is 1.31 bits per heavy atom. The molecule has 6 amide bonds. The van der Waals surface area contributed by atoms with Crippen molar-refractivity contribution in [3.8, 4) is 28.0 Å². The van der Waals surface area contributed by atoms with Crippen LogP contribution in [0.5, 0.6) is 5.75 Å². The van der Waals surface area contributed by atoms with Gasteiger partial charge in [-0.25, -0.2) is 4.39 Å². The molecule has 11 N–H and O–H groups in total. The van der Waals surface area contributed by atoms with Gasteiger partial charge >= 0.3 is 0 Å². The van der Waals surface area contributed by atoms with Gasteiger partial charge in [0.15, 0.2) is 0 Å². The maximum Gasteiger partial charge on any atom is 0.256 e. The first-order chi connectivity index (χ1) is 65.6. The summed E-state index contributed by atoms with van der Waals surface area (Å²) in [6.45, 7) is 24.6. The van der Waals surface area contributed by atoms with Crippen molar-refractivity contribution in [2.24, 2.45) is 7.05 Å². The quantitative estimate of drug-likeness (QED) is 0.0336. The van der Waals surface area contributed by atoms with Gasteiger partial charge in [0, 0.05) is 154 Å². The van der Waals surface area contributed by atoms with Gasteiger partial charge in [0.2, 0.25) is 0 Å². The summed E-state index contributed by atoms with van der Waals surface area (Å²) in [7, 11) is -10.7. The van der Waals surface area contributed by atoms with E-state index in [1.54, 1.807) is 154 Å². The number of carbonyl (C=O) groups is 6. The van der Waals surface area contributed by atoms with Crippen molar-refractivity contribution in [3.05, 3.63) is 320 Å². The van der Waals surface area contributed by atoms with Crippen molar-refractivity contribution in [2.45, 2.75) is 13.8 Å². The van der Waals surface area contributed by atoms with Crippen LogP contribution in [0.2, 0.25) is 0 Å². The second-order valence-electron chi connectivity index (χ2n) is 36.3. The molecule has 139 heavy (non-hydrogen) atoms. The fraction of sp³-hybridized carbons (Fsp3) is 0.152. The molecule has 0 unspecified atom stereocenters. The Morgan fingerprint density at radius 1 is 0.367 bits per heavy atom. The summed E-state index contributed by atoms with van der Waals surface area (Å²) in [5.41, 5.74) is 25.7. The third-order valence-electron chi connectivity index (χ3n) is 23.5. The molecule has 0 radical (unpaired) electrons. The number of aromatic amines is 5. The minimum Gasteiger partial charge on any atom is -0.497 e. The van der Waals surface area contributed by atoms with Gasteiger partial charge in [-0.1, -0.05) is 90.5 Å². The smallest absolute Gasteiger partial charge is 0.256 e. The van der Waals surface area contributed by atoms with Crippen molar-refractivity contribution < 1.29 is 65.3 Å². The van der Waals surface area contributed by atoms with E-state index in [-0.39, 0.29) is 35.4 Å². The van der Waals surface area contributed by atoms with E-state index in [2.05, 4.69) is 77.7 Å². The average Bonchev–Trinajstić information content (AvgIpc) is 1.63. The van der Waals surface area contributed by atoms with Crippen LogP contribution in [0.25, 0.3) is 92.1 Å². The highest BCUT2D eigenvalue weighted by molar-refractivity contribution is 9.10. The average molecular weight is 2040 g/mol. The number of hydrogen-bond donors (Lipinski definition) is 11. The summed E-state index contributed by atoms with van der Waals surface area (Å²) in [5.74, 6) is -0.642. The van der Waals surface area contributed by atoms with E-state index in [0.29, 0.717) is 72.3 Å². The first kappa shape index (κ1) is 99.7. The van der Waals surface area contributed by atoms with E-state index >= 15 is 0 Å². The summed E-state index contributed by atoms with van der Waals surface area (Å²) >= 11 is 3.48. The molecule has 0 fully saturated rings. The number of halogens is 2. The maximum absolute atomic E-state index is 13.4. The van der Waals surface area contributed by atoms with Crippen LogP contribution < -0.4 is 68.9 Å². The van der Waals surface area contributed by atoms with E-state index in [1.807, 2.05) is 208 Å². The molecule has 13 heterocycles. The molecule has 7 aromatic carbocycles. The standard InChI is InChI=1S/C22H21N2O2P.C20H17BrN3O2P.C16H17N2O3P.2C16H17N2O2P.C15H14FN2O2P/c1-24-12-11-21(27(2,3)26)20(24)14-18-17-10-9-16(13-19(17)23-22(18)25)15-7-5-4-6-8-15;1-27(2,26)19-10-16(21)18(23-19)9-15-14-6-5-12(8-17(14)24-20(15)25)13-4-3-7-22-11-13;1-21-11-5-6-14-12(9-11)13(16(19)18-14)8-10-4-7-15(17-10)22(2,3)20;1-10-4-5-15-13(6-10)14(16(19)18-15)8-11-7-12(9-17-11)21(2,3)20;1-10-8-15(21(2,3)20)17-14(10)9-12-11-6-4-5-7-13(11)18-16(12)19;1-21(2,20)11-6-10(17-8-11)7-13-12-5-9(16)3-4-14(12)18-15(13)19/h4-14H,1-3H3,(H,23,25);3-11,23H,1-2H3,(H,24,25);4-9,17H,1-3H3,(H,18,19);2*4-9,17H,1-3H3,(H,18,19);3-8,17H,1-2H3,(H,18,19). The fourth-order valence-corrected chi connectivity index (χ4v) is 22.0. The van der Waals surface area contributed by atoms with Crippen molar-refractivity contribution in [2.75, 3.05) is 119 Å². The molecular formula is C105H103BrFN13O13P6. The Morgan fingerprint density at radius 2 is 0.813 bits per heavy atom. The summed E-state index contributed by atoms with van der Waals surface area (Å²) < 4.78 is 94.4. The SMILES string of the molecule is COc1ccc2c(c1)C(=Cc1ccc(P(C)(C)=O)[nH]1)C(=O)N2.CP(C)(=O)c1c[nH]c(C=C2C(=O)Nc3ccc(F)cc32)c1.CP(C)(=O)c1cc(Br)c(C=C2C(=O)Nc3cc(-c4cccnc4)ccc32)[nH]1.Cc1cc(P(C)(C)=O)[nH]c1C=C1C(=O)Nc2ccccc21.Cc1ccc2c(c1)C(=Cc1cc(P(C)(C)=O)c[nH]1)C(=O)N2.Cn1ccc(P(C)(C)=O)c1C=C1C(=O)Nc2cc(-c3ccccc3)ccc21. The number of ether oxygens (including phenoxy) is 1. The van der Waals surface area contributed by atoms with Crippen LogP contribution in [-0.4, -0.2) is 157 Å². The van der Waals surface area contributed by atoms with E-state index in [4.69, 9.17) is 4.74 Å². The number of aromatic nitrogens is 7. The van der Waals surface area contributed by atoms with Crippen LogP contribution in [0.15, 0.2) is 236 Å². The van der Waals surface area contributed by atoms with Crippen molar-refractivity contribution in [1.82, 2.24) is 34.5 Å². The Balaban J connectivity index is 0.000000127. The number of anilines is 6. The van der Waals surface area contributed by atoms with Crippen LogP contribution in [0.1, 0.15) is 78.7 Å². The second kappa shape index (κ2) is 40.0. The molecule has 710 valence electrons. The number of nitrogens with one attached hydrogen (secondary N) is 11. The van der Waals surface area contributed by atoms with Gasteiger partial charge < -0.3 is 93.5 Å². The zero-order valence-electron chi connectivity index (χ0n) is 79.0. The van der Waals surface area contributed by atoms with Crippen LogP contribution >= 0.6 is 58.8 Å². The molecule has 26 nitrogen and oxygen atoms in total. The number of carbonyl (C=O) groups excluding carboxylic acids is 6. The van der Waals surface area contributed by atoms with Gasteiger partial charge in [-0.15, -0.1) is 0 Å². The van der Waals surface area contributed by atoms with Crippen molar-refractivity contribution in [3.63, 3.8) is 0 Å². The number of para-hydroxylation sites is 1. The summed E-state index contributed by atoms with van der Waals surface area (Å²) in [6, 6.07) is 61.7. The first-order valence-corrected chi connectivity index (χ1v) is 60.2. The van der Waals surface area contributed by atoms with E-state index in [0.717, 1.165) is 139 Å². The highest BCUT2D eigenvalue weighted by Gasteiger charge is 2.33. The highest BCUT2D eigenvalue weighted by atomic mass is 79.9. The summed E-state index contributed by atoms with van der Waals surface area (Å²) in [5, 5.41) is 19.4. The number of H-pyrrole nitrogens is 5. The second-order valence-corrected chi connectivity index (χ2v) is 56.3. The topological polar surface area (TPSA) is 383 Å². The Kier molecular flexibility index (Phi) is 28.7. The number of amides is 6. The molecule has 0 saturated carbocycles. The van der Waals surface area contributed by atoms with Crippen molar-refractivity contribution in [1.29, 1.82) is 0 Å². The van der Waals surface area contributed by atoms with E-state index in [1.165, 1.54) is 18.2 Å². The Bertz CT molecular complexity index is 7740. The van der Waals surface area contributed by atoms with Gasteiger partial charge in [-0.2, -0.15) is 0 Å². The number of nitrogens with zero attached hydrogens (tertiary/aromatic N) is 2. The Labute approximate surface area is 812 Å². The summed E-state index contributed by atoms with van der Waals surface area (Å²) in [6.07, 6.45) is 19.5. The molecule has 0 saturated heterocycles. The molecule has 6 aliphatic heterocycles. The van der Waals surface area contributed by atoms with Crippen LogP contribution in [0.4, 0.5) is 38.5 Å². The third-order valence-corrected chi connectivity index (χ3v) is 32.9. The van der Waals surface area contributed by atoms with Crippen molar-refractivity contribution >= 4 is 230 Å². The molecule has 34 heteroatoms. The molecule has 20 rings (SSSR count). The molecule has 6 aliphatic rings. The number of pyridine rings is 1. The lowest BCUT2D eigenvalue weighted by atomic mass is 10.00. The molecule has 0 spiro atoms. The minimum absolute atomic E-state index is 0.108. The minimum atomic E-state index is -2.44. The zero-order chi connectivity index (χ0) is 99.9. The van der Waals surface area contributed by atoms with Gasteiger partial charge in [0.1, 0.15) is 54.4 Å². The van der Waals surface area contributed by atoms with Crippen LogP contribution in [0, 0.1) is 19.7 Å². The highest BCUT2D eigenvalue weighted by Crippen LogP contribution is 2.46. The van der Waals surface area contributed by atoms with Crippen LogP contribution in [0.3, 0.4) is 0 Å². The van der Waals surface area contributed by atoms with Gasteiger partial charge in [0.05, 0.1) is 68.2 Å². The number of fused-ring (bicyclic) bond motifs is 6. The lowest BCUT2D eigenvalue weighted by Gasteiger charge is -2.09. The predicted octanol–water partition coefficient (Wildman–Crippen LogP) is 20.8. The number of hydrogen-bond acceptors (Lipinski definition) is 14. The predicted molar refractivity (Wildman–Crippen MR) is 574 cm³/mol. The van der Waals surface area contributed by atoms with Crippen LogP contribution in [-0.2, 0) is 63.2 Å². The zero-order valence-corrected chi connectivity index (χ0v) is 86.0. The first-order valence-electron chi connectivity index (χ1n) is 43.8. The molecule has 0 bridgehead atoms. The molecular weight excluding hydrogens is 1940 g/mol. The molecule has 14 aromatic rings. The summed E-state index contributed by atoms with van der Waals surface area (Å²) in [4.78, 5) is 93.1. The maximum atomic E-state index is 13.4. The normalized spacial score (nSPS) is 15.7. The fourth-order valence-electron chi connectivity index (χ4n) is 15.9. The van der Waals surface area contributed by atoms with Gasteiger partial charge in [-0.3, -0.25) is 33.8 Å². The number of benzene rings is 7. The lowest BCUT2D eigenvalue weighted by molar-refractivity contribution is -0.111. The lowest BCUT2D eigenvalue weighted by Crippen LogP contribution is -2.09. The number of methoxy groups -OCH3 is 1.